The van der Waals surface area contributed by atoms with E-state index < -0.39 is 5.97 Å². The van der Waals surface area contributed by atoms with Crippen molar-refractivity contribution < 1.29 is 9.90 Å². The van der Waals surface area contributed by atoms with Crippen molar-refractivity contribution in [1.82, 2.24) is 9.38 Å². The fourth-order valence-electron chi connectivity index (χ4n) is 2.52. The van der Waals surface area contributed by atoms with E-state index in [1.807, 2.05) is 29.7 Å². The van der Waals surface area contributed by atoms with Gasteiger partial charge in [-0.15, -0.1) is 11.3 Å². The molecular weight excluding hydrogens is 308 g/mol. The van der Waals surface area contributed by atoms with Gasteiger partial charge in [0.25, 0.3) is 0 Å². The lowest BCUT2D eigenvalue weighted by atomic mass is 10.0. The molecular formula is C18H18N2O2S. The average molecular weight is 326 g/mol. The van der Waals surface area contributed by atoms with Gasteiger partial charge in [0, 0.05) is 22.7 Å². The summed E-state index contributed by atoms with van der Waals surface area (Å²) in [6, 6.07) is 8.30. The molecule has 0 aliphatic carbocycles. The second-order valence-corrected chi connectivity index (χ2v) is 7.00. The predicted octanol–water partition coefficient (Wildman–Crippen LogP) is 4.59. The van der Waals surface area contributed by atoms with Gasteiger partial charge in [0.1, 0.15) is 0 Å². The highest BCUT2D eigenvalue weighted by Crippen LogP contribution is 2.30. The van der Waals surface area contributed by atoms with Gasteiger partial charge in [-0.05, 0) is 24.5 Å². The third kappa shape index (κ3) is 3.05. The van der Waals surface area contributed by atoms with Crippen molar-refractivity contribution in [3.63, 3.8) is 0 Å². The quantitative estimate of drug-likeness (QED) is 0.713. The molecule has 4 nitrogen and oxygen atoms in total. The Morgan fingerprint density at radius 3 is 2.61 bits per heavy atom. The van der Waals surface area contributed by atoms with E-state index in [-0.39, 0.29) is 0 Å². The molecule has 0 spiro atoms. The zero-order valence-electron chi connectivity index (χ0n) is 13.3. The lowest BCUT2D eigenvalue weighted by Gasteiger charge is -2.06. The third-order valence-corrected chi connectivity index (χ3v) is 4.61. The van der Waals surface area contributed by atoms with E-state index in [1.165, 1.54) is 5.56 Å². The number of nitrogens with zero attached hydrogens (tertiary/aromatic N) is 2. The first-order chi connectivity index (χ1) is 11.0. The molecule has 1 N–H and O–H groups in total. The van der Waals surface area contributed by atoms with Crippen LogP contribution in [0.3, 0.4) is 0 Å². The Hall–Kier alpha value is -2.40. The summed E-state index contributed by atoms with van der Waals surface area (Å²) in [7, 11) is 0. The Labute approximate surface area is 138 Å². The van der Waals surface area contributed by atoms with Crippen LogP contribution in [0.25, 0.3) is 22.3 Å². The minimum Gasteiger partial charge on any atom is -0.478 e. The minimum atomic E-state index is -0.965. The lowest BCUT2D eigenvalue weighted by Crippen LogP contribution is -1.91. The van der Waals surface area contributed by atoms with Crippen molar-refractivity contribution in [1.29, 1.82) is 0 Å². The minimum absolute atomic E-state index is 0.476. The first kappa shape index (κ1) is 15.5. The molecule has 0 bridgehead atoms. The van der Waals surface area contributed by atoms with Gasteiger partial charge < -0.3 is 5.11 Å². The zero-order valence-corrected chi connectivity index (χ0v) is 14.1. The fraction of sp³-hybridized carbons (Fsp3) is 0.222. The van der Waals surface area contributed by atoms with Gasteiger partial charge in [-0.25, -0.2) is 9.78 Å². The van der Waals surface area contributed by atoms with E-state index in [1.54, 1.807) is 17.4 Å². The zero-order chi connectivity index (χ0) is 16.6. The van der Waals surface area contributed by atoms with E-state index in [0.717, 1.165) is 32.9 Å². The van der Waals surface area contributed by atoms with Crippen LogP contribution in [0.4, 0.5) is 0 Å². The number of benzene rings is 1. The average Bonchev–Trinajstić information content (AvgIpc) is 3.01. The Bertz CT molecular complexity index is 886. The number of hydrogen-bond donors (Lipinski definition) is 1. The summed E-state index contributed by atoms with van der Waals surface area (Å²) in [5.74, 6) is -0.489. The molecule has 118 valence electrons. The SMILES string of the molecule is Cc1cn2c(/C=C/C(=O)O)c(-c3ccc(C(C)C)cc3)nc2s1. The Morgan fingerprint density at radius 2 is 2.00 bits per heavy atom. The summed E-state index contributed by atoms with van der Waals surface area (Å²) in [6.07, 6.45) is 4.75. The lowest BCUT2D eigenvalue weighted by molar-refractivity contribution is -0.131. The number of carbonyl (C=O) groups is 1. The van der Waals surface area contributed by atoms with Crippen molar-refractivity contribution in [3.8, 4) is 11.3 Å². The molecule has 0 saturated heterocycles. The molecule has 0 aliphatic heterocycles. The van der Waals surface area contributed by atoms with Crippen LogP contribution in [0.15, 0.2) is 36.5 Å². The smallest absolute Gasteiger partial charge is 0.328 e. The number of fused-ring (bicyclic) bond motifs is 1. The Morgan fingerprint density at radius 1 is 1.30 bits per heavy atom. The number of hydrogen-bond acceptors (Lipinski definition) is 3. The molecule has 0 aliphatic rings. The number of aliphatic carboxylic acids is 1. The van der Waals surface area contributed by atoms with Crippen LogP contribution in [0.5, 0.6) is 0 Å². The molecule has 0 radical (unpaired) electrons. The molecule has 2 heterocycles. The van der Waals surface area contributed by atoms with Crippen LogP contribution < -0.4 is 0 Å². The number of aromatic nitrogens is 2. The van der Waals surface area contributed by atoms with Gasteiger partial charge in [-0.1, -0.05) is 38.1 Å². The van der Waals surface area contributed by atoms with Crippen LogP contribution in [0.2, 0.25) is 0 Å². The number of carboxylic acids is 1. The molecule has 23 heavy (non-hydrogen) atoms. The highest BCUT2D eigenvalue weighted by Gasteiger charge is 2.14. The fourth-order valence-corrected chi connectivity index (χ4v) is 3.35. The number of rotatable bonds is 4. The van der Waals surface area contributed by atoms with Crippen molar-refractivity contribution in [2.24, 2.45) is 0 Å². The van der Waals surface area contributed by atoms with Crippen LogP contribution in [0, 0.1) is 6.92 Å². The normalized spacial score (nSPS) is 11.8. The summed E-state index contributed by atoms with van der Waals surface area (Å²) < 4.78 is 1.95. The summed E-state index contributed by atoms with van der Waals surface area (Å²) in [5, 5.41) is 8.93. The molecule has 0 atom stereocenters. The summed E-state index contributed by atoms with van der Waals surface area (Å²) >= 11 is 1.59. The summed E-state index contributed by atoms with van der Waals surface area (Å²) in [5.41, 5.74) is 3.87. The van der Waals surface area contributed by atoms with Crippen molar-refractivity contribution in [3.05, 3.63) is 52.7 Å². The number of thiazole rings is 1. The molecule has 1 aromatic carbocycles. The molecule has 0 unspecified atom stereocenters. The molecule has 0 amide bonds. The van der Waals surface area contributed by atoms with Crippen molar-refractivity contribution >= 4 is 28.3 Å². The first-order valence-electron chi connectivity index (χ1n) is 7.45. The number of imidazole rings is 1. The van der Waals surface area contributed by atoms with Gasteiger partial charge in [-0.3, -0.25) is 4.40 Å². The first-order valence-corrected chi connectivity index (χ1v) is 8.27. The molecule has 0 fully saturated rings. The van der Waals surface area contributed by atoms with E-state index in [4.69, 9.17) is 10.1 Å². The van der Waals surface area contributed by atoms with Gasteiger partial charge in [0.2, 0.25) is 0 Å². The van der Waals surface area contributed by atoms with E-state index in [0.29, 0.717) is 5.92 Å². The third-order valence-electron chi connectivity index (χ3n) is 3.71. The highest BCUT2D eigenvalue weighted by molar-refractivity contribution is 7.17. The van der Waals surface area contributed by atoms with Crippen molar-refractivity contribution in [2.75, 3.05) is 0 Å². The molecule has 5 heteroatoms. The maximum atomic E-state index is 10.9. The topological polar surface area (TPSA) is 54.6 Å². The second kappa shape index (κ2) is 6.01. The highest BCUT2D eigenvalue weighted by atomic mass is 32.1. The largest absolute Gasteiger partial charge is 0.478 e. The standard InChI is InChI=1S/C18H18N2O2S/c1-11(2)13-4-6-14(7-5-13)17-15(8-9-16(21)22)20-10-12(3)23-18(20)19-17/h4-11H,1-3H3,(H,21,22)/b9-8+. The van der Waals surface area contributed by atoms with Crippen LogP contribution in [-0.2, 0) is 4.79 Å². The van der Waals surface area contributed by atoms with Gasteiger partial charge in [-0.2, -0.15) is 0 Å². The van der Waals surface area contributed by atoms with Crippen LogP contribution in [-0.4, -0.2) is 20.5 Å². The van der Waals surface area contributed by atoms with Gasteiger partial charge in [0.15, 0.2) is 4.96 Å². The molecule has 2 aromatic heterocycles. The summed E-state index contributed by atoms with van der Waals surface area (Å²) in [6.45, 7) is 6.33. The predicted molar refractivity (Wildman–Crippen MR) is 94.0 cm³/mol. The number of carboxylic acid groups (broad SMARTS) is 1. The van der Waals surface area contributed by atoms with E-state index in [2.05, 4.69) is 26.0 Å². The van der Waals surface area contributed by atoms with Gasteiger partial charge >= 0.3 is 5.97 Å². The molecule has 3 aromatic rings. The van der Waals surface area contributed by atoms with Crippen LogP contribution >= 0.6 is 11.3 Å². The Balaban J connectivity index is 2.13. The van der Waals surface area contributed by atoms with Gasteiger partial charge in [0.05, 0.1) is 11.4 Å². The number of aryl methyl sites for hydroxylation is 1. The van der Waals surface area contributed by atoms with Crippen LogP contribution in [0.1, 0.15) is 35.9 Å². The Kier molecular flexibility index (Phi) is 4.05. The molecule has 3 rings (SSSR count). The monoisotopic (exact) mass is 326 g/mol. The second-order valence-electron chi connectivity index (χ2n) is 5.79. The maximum absolute atomic E-state index is 10.9. The maximum Gasteiger partial charge on any atom is 0.328 e. The molecule has 0 saturated carbocycles. The van der Waals surface area contributed by atoms with E-state index in [9.17, 15) is 4.79 Å². The van der Waals surface area contributed by atoms with E-state index >= 15 is 0 Å². The summed E-state index contributed by atoms with van der Waals surface area (Å²) in [4.78, 5) is 17.6. The van der Waals surface area contributed by atoms with Crippen molar-refractivity contribution in [2.45, 2.75) is 26.7 Å².